The van der Waals surface area contributed by atoms with Gasteiger partial charge in [0.05, 0.1) is 0 Å². The van der Waals surface area contributed by atoms with Crippen molar-refractivity contribution in [3.05, 3.63) is 40.5 Å². The molecule has 0 aliphatic rings. The second kappa shape index (κ2) is 7.16. The smallest absolute Gasteiger partial charge is 0.352 e. The van der Waals surface area contributed by atoms with Crippen LogP contribution in [0.1, 0.15) is 26.0 Å². The molecule has 0 saturated heterocycles. The monoisotopic (exact) mass is 388 g/mol. The Bertz CT molecular complexity index is 676. The topological polar surface area (TPSA) is 49.8 Å². The Morgan fingerprint density at radius 3 is 2.57 bits per heavy atom. The van der Waals surface area contributed by atoms with Crippen LogP contribution in [0.2, 0.25) is 0 Å². The van der Waals surface area contributed by atoms with E-state index in [0.29, 0.717) is 5.69 Å². The van der Waals surface area contributed by atoms with Crippen LogP contribution in [-0.2, 0) is 6.18 Å². The van der Waals surface area contributed by atoms with Gasteiger partial charge in [-0.15, -0.1) is 0 Å². The Kier molecular flexibility index (Phi) is 5.46. The van der Waals surface area contributed by atoms with Gasteiger partial charge in [-0.2, -0.15) is 18.2 Å². The van der Waals surface area contributed by atoms with Crippen LogP contribution in [0.15, 0.2) is 34.8 Å². The minimum absolute atomic E-state index is 0.0304. The molecule has 2 rings (SSSR count). The van der Waals surface area contributed by atoms with Crippen molar-refractivity contribution in [3.63, 3.8) is 0 Å². The van der Waals surface area contributed by atoms with Gasteiger partial charge in [0, 0.05) is 22.3 Å². The highest BCUT2D eigenvalue weighted by Gasteiger charge is 2.33. The lowest BCUT2D eigenvalue weighted by Crippen LogP contribution is -2.18. The fraction of sp³-hybridized carbons (Fsp3) is 0.333. The molecule has 0 spiro atoms. The minimum Gasteiger partial charge on any atom is -0.352 e. The summed E-state index contributed by atoms with van der Waals surface area (Å²) >= 11 is 3.31. The van der Waals surface area contributed by atoms with Gasteiger partial charge >= 0.3 is 6.18 Å². The van der Waals surface area contributed by atoms with Gasteiger partial charge in [-0.25, -0.2) is 4.98 Å². The first-order chi connectivity index (χ1) is 10.8. The number of hydrogen-bond donors (Lipinski definition) is 2. The second-order valence-electron chi connectivity index (χ2n) is 5.05. The zero-order valence-electron chi connectivity index (χ0n) is 12.6. The van der Waals surface area contributed by atoms with Crippen molar-refractivity contribution < 1.29 is 13.2 Å². The van der Waals surface area contributed by atoms with Gasteiger partial charge in [0.1, 0.15) is 5.82 Å². The third kappa shape index (κ3) is 5.09. The second-order valence-corrected chi connectivity index (χ2v) is 5.96. The van der Waals surface area contributed by atoms with Gasteiger partial charge in [-0.1, -0.05) is 28.9 Å². The third-order valence-corrected chi connectivity index (χ3v) is 3.59. The predicted molar refractivity (Wildman–Crippen MR) is 87.8 cm³/mol. The lowest BCUT2D eigenvalue weighted by Gasteiger charge is -2.15. The van der Waals surface area contributed by atoms with E-state index in [9.17, 15) is 13.2 Å². The van der Waals surface area contributed by atoms with E-state index in [1.165, 1.54) is 0 Å². The molecule has 2 aromatic rings. The highest BCUT2D eigenvalue weighted by molar-refractivity contribution is 9.10. The fourth-order valence-corrected chi connectivity index (χ4v) is 2.16. The molecule has 2 N–H and O–H groups in total. The number of rotatable bonds is 5. The van der Waals surface area contributed by atoms with Crippen molar-refractivity contribution in [2.75, 3.05) is 10.6 Å². The Hall–Kier alpha value is -1.83. The summed E-state index contributed by atoms with van der Waals surface area (Å²) < 4.78 is 39.9. The van der Waals surface area contributed by atoms with Gasteiger partial charge in [0.15, 0.2) is 5.69 Å². The summed E-state index contributed by atoms with van der Waals surface area (Å²) in [4.78, 5) is 7.67. The van der Waals surface area contributed by atoms with Crippen LogP contribution in [0.5, 0.6) is 0 Å². The van der Waals surface area contributed by atoms with Gasteiger partial charge in [-0.05, 0) is 31.5 Å². The molecule has 1 heterocycles. The van der Waals surface area contributed by atoms with Crippen LogP contribution in [-0.4, -0.2) is 16.0 Å². The number of aromatic nitrogens is 2. The Morgan fingerprint density at radius 1 is 1.22 bits per heavy atom. The van der Waals surface area contributed by atoms with Crippen molar-refractivity contribution >= 4 is 33.4 Å². The molecule has 0 aliphatic carbocycles. The highest BCUT2D eigenvalue weighted by atomic mass is 79.9. The Labute approximate surface area is 140 Å². The molecule has 0 bridgehead atoms. The number of halogens is 4. The zero-order valence-corrected chi connectivity index (χ0v) is 14.2. The number of alkyl halides is 3. The SMILES string of the molecule is CC[C@@H](C)Nc1nc(Nc2cccc(Br)c2)cc(C(F)(F)F)n1. The summed E-state index contributed by atoms with van der Waals surface area (Å²) in [6, 6.07) is 7.94. The Balaban J connectivity index is 2.35. The van der Waals surface area contributed by atoms with Crippen LogP contribution in [0.25, 0.3) is 0 Å². The predicted octanol–water partition coefficient (Wildman–Crippen LogP) is 5.21. The number of nitrogens with one attached hydrogen (secondary N) is 2. The summed E-state index contributed by atoms with van der Waals surface area (Å²) in [5.41, 5.74) is -0.364. The van der Waals surface area contributed by atoms with Crippen molar-refractivity contribution in [1.82, 2.24) is 9.97 Å². The quantitative estimate of drug-likeness (QED) is 0.737. The molecule has 4 nitrogen and oxygen atoms in total. The summed E-state index contributed by atoms with van der Waals surface area (Å²) in [7, 11) is 0. The minimum atomic E-state index is -4.54. The maximum Gasteiger partial charge on any atom is 0.433 e. The van der Waals surface area contributed by atoms with E-state index in [-0.39, 0.29) is 17.8 Å². The van der Waals surface area contributed by atoms with Gasteiger partial charge in [0.2, 0.25) is 5.95 Å². The summed E-state index contributed by atoms with van der Waals surface area (Å²) in [6.45, 7) is 3.77. The van der Waals surface area contributed by atoms with Crippen LogP contribution in [0.3, 0.4) is 0 Å². The number of benzene rings is 1. The van der Waals surface area contributed by atoms with Gasteiger partial charge in [-0.3, -0.25) is 0 Å². The zero-order chi connectivity index (χ0) is 17.0. The molecule has 8 heteroatoms. The summed E-state index contributed by atoms with van der Waals surface area (Å²) in [5.74, 6) is 0.0305. The maximum atomic E-state index is 13.0. The molecule has 0 aliphatic heterocycles. The molecule has 0 saturated carbocycles. The molecule has 23 heavy (non-hydrogen) atoms. The van der Waals surface area contributed by atoms with Gasteiger partial charge in [0.25, 0.3) is 0 Å². The van der Waals surface area contributed by atoms with E-state index >= 15 is 0 Å². The average molecular weight is 389 g/mol. The first kappa shape index (κ1) is 17.5. The number of nitrogens with zero attached hydrogens (tertiary/aromatic N) is 2. The van der Waals surface area contributed by atoms with E-state index in [1.54, 1.807) is 18.2 Å². The van der Waals surface area contributed by atoms with E-state index < -0.39 is 11.9 Å². The van der Waals surface area contributed by atoms with E-state index in [1.807, 2.05) is 19.9 Å². The van der Waals surface area contributed by atoms with Crippen LogP contribution in [0.4, 0.5) is 30.6 Å². The normalized spacial score (nSPS) is 12.8. The molecule has 0 radical (unpaired) electrons. The standard InChI is InChI=1S/C15H16BrF3N4/c1-3-9(2)20-14-22-12(15(17,18)19)8-13(23-14)21-11-6-4-5-10(16)7-11/h4-9H,3H2,1-2H3,(H2,20,21,22,23)/t9-/m1/s1. The fourth-order valence-electron chi connectivity index (χ4n) is 1.76. The third-order valence-electron chi connectivity index (χ3n) is 3.10. The largest absolute Gasteiger partial charge is 0.433 e. The molecule has 1 atom stereocenters. The summed E-state index contributed by atoms with van der Waals surface area (Å²) in [5, 5.41) is 5.74. The molecule has 0 unspecified atom stereocenters. The van der Waals surface area contributed by atoms with Crippen LogP contribution in [0, 0.1) is 0 Å². The average Bonchev–Trinajstić information content (AvgIpc) is 2.46. The molecule has 124 valence electrons. The first-order valence-electron chi connectivity index (χ1n) is 7.03. The molecule has 1 aromatic carbocycles. The lowest BCUT2D eigenvalue weighted by molar-refractivity contribution is -0.141. The first-order valence-corrected chi connectivity index (χ1v) is 7.82. The number of anilines is 3. The lowest BCUT2D eigenvalue weighted by atomic mass is 10.3. The van der Waals surface area contributed by atoms with Crippen molar-refractivity contribution in [1.29, 1.82) is 0 Å². The number of hydrogen-bond acceptors (Lipinski definition) is 4. The van der Waals surface area contributed by atoms with Crippen molar-refractivity contribution in [3.8, 4) is 0 Å². The van der Waals surface area contributed by atoms with Crippen LogP contribution >= 0.6 is 15.9 Å². The molecule has 0 fully saturated rings. The van der Waals surface area contributed by atoms with Crippen LogP contribution < -0.4 is 10.6 Å². The van der Waals surface area contributed by atoms with Crippen molar-refractivity contribution in [2.45, 2.75) is 32.5 Å². The van der Waals surface area contributed by atoms with Crippen molar-refractivity contribution in [2.24, 2.45) is 0 Å². The molecular weight excluding hydrogens is 373 g/mol. The Morgan fingerprint density at radius 2 is 1.96 bits per heavy atom. The van der Waals surface area contributed by atoms with E-state index in [4.69, 9.17) is 0 Å². The summed E-state index contributed by atoms with van der Waals surface area (Å²) in [6.07, 6.45) is -3.80. The highest BCUT2D eigenvalue weighted by Crippen LogP contribution is 2.30. The molecule has 1 aromatic heterocycles. The maximum absolute atomic E-state index is 13.0. The molecular formula is C15H16BrF3N4. The van der Waals surface area contributed by atoms with E-state index in [2.05, 4.69) is 36.5 Å². The molecule has 0 amide bonds. The van der Waals surface area contributed by atoms with E-state index in [0.717, 1.165) is 17.0 Å². The van der Waals surface area contributed by atoms with Gasteiger partial charge < -0.3 is 10.6 Å².